The molecule has 0 fully saturated rings. The molecule has 0 aliphatic carbocycles. The van der Waals surface area contributed by atoms with Crippen molar-refractivity contribution in [2.75, 3.05) is 18.5 Å². The van der Waals surface area contributed by atoms with Gasteiger partial charge in [0.2, 0.25) is 11.8 Å². The van der Waals surface area contributed by atoms with Crippen molar-refractivity contribution in [3.8, 4) is 5.75 Å². The highest BCUT2D eigenvalue weighted by atomic mass is 16.6. The van der Waals surface area contributed by atoms with Crippen LogP contribution in [-0.4, -0.2) is 37.2 Å². The molecule has 31 heavy (non-hydrogen) atoms. The minimum Gasteiger partial charge on any atom is -0.482 e. The second kappa shape index (κ2) is 12.1. The fraction of sp³-hybridized carbons (Fsp3) is 0.304. The van der Waals surface area contributed by atoms with Crippen LogP contribution in [-0.2, 0) is 19.1 Å². The van der Waals surface area contributed by atoms with E-state index in [-0.39, 0.29) is 31.3 Å². The van der Waals surface area contributed by atoms with Crippen LogP contribution >= 0.6 is 0 Å². The number of hydrogen-bond donors (Lipinski definition) is 2. The first-order chi connectivity index (χ1) is 14.9. The molecule has 164 valence electrons. The predicted octanol–water partition coefficient (Wildman–Crippen LogP) is 3.11. The maximum atomic E-state index is 12.1. The van der Waals surface area contributed by atoms with Gasteiger partial charge in [-0.15, -0.1) is 0 Å². The number of benzene rings is 2. The van der Waals surface area contributed by atoms with Crippen molar-refractivity contribution >= 4 is 29.7 Å². The number of hydrogen-bond acceptors (Lipinski definition) is 6. The molecule has 2 aromatic carbocycles. The Labute approximate surface area is 181 Å². The molecule has 0 radical (unpaired) electrons. The van der Waals surface area contributed by atoms with Gasteiger partial charge in [-0.2, -0.15) is 5.10 Å². The van der Waals surface area contributed by atoms with E-state index in [1.807, 2.05) is 32.0 Å². The van der Waals surface area contributed by atoms with Crippen LogP contribution in [0.1, 0.15) is 36.5 Å². The fourth-order valence-electron chi connectivity index (χ4n) is 2.54. The summed E-state index contributed by atoms with van der Waals surface area (Å²) in [6, 6.07) is 12.6. The van der Waals surface area contributed by atoms with E-state index in [9.17, 15) is 14.4 Å². The molecule has 8 nitrogen and oxygen atoms in total. The molecule has 2 aromatic rings. The summed E-state index contributed by atoms with van der Waals surface area (Å²) in [6.07, 6.45) is 1.55. The number of rotatable bonds is 10. The zero-order chi connectivity index (χ0) is 22.6. The van der Waals surface area contributed by atoms with Crippen molar-refractivity contribution in [2.45, 2.75) is 33.6 Å². The number of aryl methyl sites for hydroxylation is 2. The number of nitrogens with zero attached hydrogens (tertiary/aromatic N) is 1. The van der Waals surface area contributed by atoms with Crippen LogP contribution in [0.25, 0.3) is 0 Å². The highest BCUT2D eigenvalue weighted by Gasteiger charge is 2.08. The van der Waals surface area contributed by atoms with Crippen LogP contribution in [0.15, 0.2) is 47.6 Å². The summed E-state index contributed by atoms with van der Waals surface area (Å²) >= 11 is 0. The summed E-state index contributed by atoms with van der Waals surface area (Å²) in [6.45, 7) is 5.74. The summed E-state index contributed by atoms with van der Waals surface area (Å²) in [5.41, 5.74) is 5.89. The SMILES string of the molecule is CCOC(=O)COc1ccc(C=NNC(=O)CCC(=O)Nc2cc(C)ccc2C)cc1. The Morgan fingerprint density at radius 2 is 1.71 bits per heavy atom. The average molecular weight is 425 g/mol. The molecule has 0 saturated heterocycles. The van der Waals surface area contributed by atoms with E-state index in [1.165, 1.54) is 6.21 Å². The first kappa shape index (κ1) is 23.6. The van der Waals surface area contributed by atoms with Crippen LogP contribution in [0.4, 0.5) is 5.69 Å². The lowest BCUT2D eigenvalue weighted by molar-refractivity contribution is -0.145. The van der Waals surface area contributed by atoms with Crippen molar-refractivity contribution in [2.24, 2.45) is 5.10 Å². The minimum absolute atomic E-state index is 0.0225. The number of carbonyl (C=O) groups excluding carboxylic acids is 3. The molecule has 0 unspecified atom stereocenters. The van der Waals surface area contributed by atoms with Crippen LogP contribution in [0.2, 0.25) is 0 Å². The molecule has 2 N–H and O–H groups in total. The van der Waals surface area contributed by atoms with Gasteiger partial charge in [0.15, 0.2) is 6.61 Å². The van der Waals surface area contributed by atoms with E-state index in [0.29, 0.717) is 12.4 Å². The minimum atomic E-state index is -0.432. The zero-order valence-corrected chi connectivity index (χ0v) is 17.9. The molecule has 0 aromatic heterocycles. The maximum absolute atomic E-state index is 12.1. The number of anilines is 1. The smallest absolute Gasteiger partial charge is 0.344 e. The second-order valence-corrected chi connectivity index (χ2v) is 6.82. The van der Waals surface area contributed by atoms with Crippen molar-refractivity contribution < 1.29 is 23.9 Å². The fourth-order valence-corrected chi connectivity index (χ4v) is 2.54. The maximum Gasteiger partial charge on any atom is 0.344 e. The third kappa shape index (κ3) is 8.69. The standard InChI is InChI=1S/C23H27N3O5/c1-4-30-23(29)15-31-19-9-7-18(8-10-19)14-24-26-22(28)12-11-21(27)25-20-13-16(2)5-6-17(20)3/h5-10,13-14H,4,11-12,15H2,1-3H3,(H,25,27)(H,26,28). The number of nitrogens with one attached hydrogen (secondary N) is 2. The number of hydrazone groups is 1. The molecule has 0 bridgehead atoms. The molecule has 0 heterocycles. The monoisotopic (exact) mass is 425 g/mol. The molecular weight excluding hydrogens is 398 g/mol. The highest BCUT2D eigenvalue weighted by molar-refractivity contribution is 5.94. The van der Waals surface area contributed by atoms with Gasteiger partial charge in [-0.25, -0.2) is 10.2 Å². The van der Waals surface area contributed by atoms with Gasteiger partial charge >= 0.3 is 5.97 Å². The Bertz CT molecular complexity index is 939. The van der Waals surface area contributed by atoms with Gasteiger partial charge in [0.1, 0.15) is 5.75 Å². The van der Waals surface area contributed by atoms with Gasteiger partial charge in [0, 0.05) is 18.5 Å². The van der Waals surface area contributed by atoms with E-state index < -0.39 is 5.97 Å². The van der Waals surface area contributed by atoms with E-state index in [1.54, 1.807) is 31.2 Å². The summed E-state index contributed by atoms with van der Waals surface area (Å²) in [4.78, 5) is 35.2. The zero-order valence-electron chi connectivity index (χ0n) is 17.9. The first-order valence-electron chi connectivity index (χ1n) is 9.95. The van der Waals surface area contributed by atoms with Gasteiger partial charge in [-0.3, -0.25) is 9.59 Å². The lowest BCUT2D eigenvalue weighted by Crippen LogP contribution is -2.20. The molecule has 0 aliphatic heterocycles. The quantitative estimate of drug-likeness (QED) is 0.346. The van der Waals surface area contributed by atoms with E-state index >= 15 is 0 Å². The van der Waals surface area contributed by atoms with Gasteiger partial charge in [-0.1, -0.05) is 12.1 Å². The second-order valence-electron chi connectivity index (χ2n) is 6.82. The Balaban J connectivity index is 1.72. The van der Waals surface area contributed by atoms with Crippen LogP contribution in [0.3, 0.4) is 0 Å². The Kier molecular flexibility index (Phi) is 9.22. The Morgan fingerprint density at radius 3 is 2.42 bits per heavy atom. The Hall–Kier alpha value is -3.68. The largest absolute Gasteiger partial charge is 0.482 e. The predicted molar refractivity (Wildman–Crippen MR) is 118 cm³/mol. The Morgan fingerprint density at radius 1 is 1.00 bits per heavy atom. The summed E-state index contributed by atoms with van der Waals surface area (Å²) in [5, 5.41) is 6.71. The summed E-state index contributed by atoms with van der Waals surface area (Å²) < 4.78 is 10.1. The number of amides is 2. The van der Waals surface area contributed by atoms with Gasteiger partial charge in [0.05, 0.1) is 12.8 Å². The summed E-state index contributed by atoms with van der Waals surface area (Å²) in [5.74, 6) is -0.504. The van der Waals surface area contributed by atoms with Gasteiger partial charge < -0.3 is 14.8 Å². The number of carbonyl (C=O) groups is 3. The molecule has 2 amide bonds. The van der Waals surface area contributed by atoms with Gasteiger partial charge in [0.25, 0.3) is 0 Å². The van der Waals surface area contributed by atoms with Crippen molar-refractivity contribution in [3.05, 3.63) is 59.2 Å². The highest BCUT2D eigenvalue weighted by Crippen LogP contribution is 2.16. The van der Waals surface area contributed by atoms with Crippen molar-refractivity contribution in [1.29, 1.82) is 0 Å². The van der Waals surface area contributed by atoms with Crippen LogP contribution < -0.4 is 15.5 Å². The van der Waals surface area contributed by atoms with Crippen molar-refractivity contribution in [3.63, 3.8) is 0 Å². The van der Waals surface area contributed by atoms with E-state index in [2.05, 4.69) is 15.8 Å². The lowest BCUT2D eigenvalue weighted by Gasteiger charge is -2.09. The van der Waals surface area contributed by atoms with Crippen molar-refractivity contribution in [1.82, 2.24) is 5.43 Å². The molecule has 2 rings (SSSR count). The van der Waals surface area contributed by atoms with E-state index in [0.717, 1.165) is 22.4 Å². The van der Waals surface area contributed by atoms with Crippen LogP contribution in [0.5, 0.6) is 5.75 Å². The first-order valence-corrected chi connectivity index (χ1v) is 9.95. The van der Waals surface area contributed by atoms with Crippen LogP contribution in [0, 0.1) is 13.8 Å². The molecule has 0 aliphatic rings. The third-order valence-corrected chi connectivity index (χ3v) is 4.19. The number of esters is 1. The number of ether oxygens (including phenoxy) is 2. The average Bonchev–Trinajstić information content (AvgIpc) is 2.74. The third-order valence-electron chi connectivity index (χ3n) is 4.19. The normalized spacial score (nSPS) is 10.5. The lowest BCUT2D eigenvalue weighted by atomic mass is 10.1. The topological polar surface area (TPSA) is 106 Å². The molecule has 8 heteroatoms. The molecule has 0 spiro atoms. The molecule has 0 atom stereocenters. The molecule has 0 saturated carbocycles. The van der Waals surface area contributed by atoms with E-state index in [4.69, 9.17) is 9.47 Å². The van der Waals surface area contributed by atoms with Gasteiger partial charge in [-0.05, 0) is 67.8 Å². The molecular formula is C23H27N3O5. The summed E-state index contributed by atoms with van der Waals surface area (Å²) in [7, 11) is 0.